The number of hydrogen-bond donors (Lipinski definition) is 2. The summed E-state index contributed by atoms with van der Waals surface area (Å²) in [6, 6.07) is 0.0815. The predicted octanol–water partition coefficient (Wildman–Crippen LogP) is 2.33. The van der Waals surface area contributed by atoms with Crippen molar-refractivity contribution in [1.82, 2.24) is 4.98 Å². The molecule has 0 radical (unpaired) electrons. The van der Waals surface area contributed by atoms with E-state index in [2.05, 4.69) is 40.1 Å². The number of aliphatic hydroxyl groups excluding tert-OH is 1. The minimum Gasteiger partial charge on any atom is -0.394 e. The lowest BCUT2D eigenvalue weighted by molar-refractivity contribution is 0.249. The molecule has 0 spiro atoms. The van der Waals surface area contributed by atoms with Crippen molar-refractivity contribution in [3.63, 3.8) is 0 Å². The molecular formula is C8H13BrN2OS. The number of aliphatic hydroxyl groups is 1. The number of nitrogens with zero attached hydrogens (tertiary/aromatic N) is 1. The number of thiazole rings is 1. The third-order valence-electron chi connectivity index (χ3n) is 1.79. The molecule has 0 aliphatic heterocycles. The quantitative estimate of drug-likeness (QED) is 0.878. The Balaban J connectivity index is 2.56. The summed E-state index contributed by atoms with van der Waals surface area (Å²) in [6.07, 6.45) is 0. The summed E-state index contributed by atoms with van der Waals surface area (Å²) < 4.78 is 0.834. The molecule has 3 nitrogen and oxygen atoms in total. The molecule has 0 aliphatic carbocycles. The minimum atomic E-state index is 0.0815. The molecule has 2 N–H and O–H groups in total. The molecule has 1 aromatic rings. The number of nitrogens with one attached hydrogen (secondary N) is 1. The molecule has 5 heteroatoms. The number of anilines is 1. The second-order valence-corrected chi connectivity index (χ2v) is 4.82. The molecule has 1 unspecified atom stereocenters. The van der Waals surface area contributed by atoms with E-state index in [1.807, 2.05) is 5.38 Å². The van der Waals surface area contributed by atoms with Crippen molar-refractivity contribution in [2.75, 3.05) is 11.9 Å². The lowest BCUT2D eigenvalue weighted by Crippen LogP contribution is -2.29. The number of hydrogen-bond acceptors (Lipinski definition) is 4. The fourth-order valence-electron chi connectivity index (χ4n) is 0.902. The number of rotatable bonds is 4. The van der Waals surface area contributed by atoms with Gasteiger partial charge in [-0.1, -0.05) is 13.8 Å². The Morgan fingerprint density at radius 2 is 2.38 bits per heavy atom. The lowest BCUT2D eigenvalue weighted by Gasteiger charge is -2.18. The van der Waals surface area contributed by atoms with Crippen LogP contribution in [0.25, 0.3) is 0 Å². The monoisotopic (exact) mass is 264 g/mol. The lowest BCUT2D eigenvalue weighted by atomic mass is 10.1. The van der Waals surface area contributed by atoms with Gasteiger partial charge in [-0.3, -0.25) is 0 Å². The van der Waals surface area contributed by atoms with Gasteiger partial charge >= 0.3 is 0 Å². The van der Waals surface area contributed by atoms with E-state index < -0.39 is 0 Å². The first-order valence-electron chi connectivity index (χ1n) is 4.12. The van der Waals surface area contributed by atoms with Gasteiger partial charge in [0.2, 0.25) is 0 Å². The zero-order valence-electron chi connectivity index (χ0n) is 7.62. The van der Waals surface area contributed by atoms with E-state index in [1.165, 1.54) is 11.3 Å². The highest BCUT2D eigenvalue weighted by atomic mass is 79.9. The van der Waals surface area contributed by atoms with Gasteiger partial charge in [-0.05, 0) is 21.8 Å². The van der Waals surface area contributed by atoms with Gasteiger partial charge in [0.1, 0.15) is 4.60 Å². The third-order valence-corrected chi connectivity index (χ3v) is 3.27. The predicted molar refractivity (Wildman–Crippen MR) is 59.1 cm³/mol. The zero-order chi connectivity index (χ0) is 9.84. The average Bonchev–Trinajstić information content (AvgIpc) is 2.46. The van der Waals surface area contributed by atoms with Crippen LogP contribution >= 0.6 is 27.3 Å². The van der Waals surface area contributed by atoms with Gasteiger partial charge in [0.05, 0.1) is 12.6 Å². The Hall–Kier alpha value is -0.130. The number of aromatic nitrogens is 1. The highest BCUT2D eigenvalue weighted by Gasteiger charge is 2.12. The standard InChI is InChI=1S/C8H13BrN2OS/c1-5(2)6(3-12)10-8-11-7(9)4-13-8/h4-6,12H,3H2,1-2H3,(H,10,11). The molecule has 0 amide bonds. The van der Waals surface area contributed by atoms with Crippen molar-refractivity contribution >= 4 is 32.4 Å². The first-order valence-corrected chi connectivity index (χ1v) is 5.79. The summed E-state index contributed by atoms with van der Waals surface area (Å²) in [5.74, 6) is 0.396. The van der Waals surface area contributed by atoms with Crippen molar-refractivity contribution < 1.29 is 5.11 Å². The molecule has 0 aromatic carbocycles. The summed E-state index contributed by atoms with van der Waals surface area (Å²) in [5, 5.41) is 15.0. The summed E-state index contributed by atoms with van der Waals surface area (Å²) >= 11 is 4.81. The van der Waals surface area contributed by atoms with Gasteiger partial charge in [-0.15, -0.1) is 11.3 Å². The summed E-state index contributed by atoms with van der Waals surface area (Å²) in [5.41, 5.74) is 0. The van der Waals surface area contributed by atoms with Crippen LogP contribution in [0.2, 0.25) is 0 Å². The summed E-state index contributed by atoms with van der Waals surface area (Å²) in [4.78, 5) is 4.19. The van der Waals surface area contributed by atoms with E-state index in [0.717, 1.165) is 9.73 Å². The van der Waals surface area contributed by atoms with Crippen LogP contribution in [0.15, 0.2) is 9.98 Å². The zero-order valence-corrected chi connectivity index (χ0v) is 10.0. The molecule has 1 rings (SSSR count). The maximum absolute atomic E-state index is 9.07. The average molecular weight is 265 g/mol. The van der Waals surface area contributed by atoms with Gasteiger partial charge in [0.25, 0.3) is 0 Å². The second kappa shape index (κ2) is 4.93. The van der Waals surface area contributed by atoms with Crippen LogP contribution in [0, 0.1) is 5.92 Å². The van der Waals surface area contributed by atoms with E-state index in [1.54, 1.807) is 0 Å². The van der Waals surface area contributed by atoms with E-state index in [-0.39, 0.29) is 12.6 Å². The molecule has 1 aromatic heterocycles. The van der Waals surface area contributed by atoms with Gasteiger partial charge < -0.3 is 10.4 Å². The maximum atomic E-state index is 9.07. The molecule has 13 heavy (non-hydrogen) atoms. The van der Waals surface area contributed by atoms with Gasteiger partial charge in [0, 0.05) is 5.38 Å². The molecule has 1 heterocycles. The normalized spacial score (nSPS) is 13.3. The summed E-state index contributed by atoms with van der Waals surface area (Å²) in [6.45, 7) is 4.27. The second-order valence-electron chi connectivity index (χ2n) is 3.15. The van der Waals surface area contributed by atoms with Crippen LogP contribution < -0.4 is 5.32 Å². The first-order chi connectivity index (χ1) is 6.13. The van der Waals surface area contributed by atoms with E-state index in [0.29, 0.717) is 5.92 Å². The molecule has 1 atom stereocenters. The topological polar surface area (TPSA) is 45.1 Å². The van der Waals surface area contributed by atoms with Crippen LogP contribution in [0.3, 0.4) is 0 Å². The van der Waals surface area contributed by atoms with Crippen LogP contribution in [-0.4, -0.2) is 22.7 Å². The van der Waals surface area contributed by atoms with Crippen molar-refractivity contribution in [2.45, 2.75) is 19.9 Å². The largest absolute Gasteiger partial charge is 0.394 e. The van der Waals surface area contributed by atoms with Crippen molar-refractivity contribution in [3.05, 3.63) is 9.98 Å². The molecule has 0 fully saturated rings. The Morgan fingerprint density at radius 1 is 1.69 bits per heavy atom. The molecule has 0 aliphatic rings. The first kappa shape index (κ1) is 10.9. The molecule has 0 saturated carbocycles. The van der Waals surface area contributed by atoms with Gasteiger partial charge in [-0.25, -0.2) is 4.98 Å². The SMILES string of the molecule is CC(C)C(CO)Nc1nc(Br)cs1. The van der Waals surface area contributed by atoms with Crippen molar-refractivity contribution in [2.24, 2.45) is 5.92 Å². The Kier molecular flexibility index (Phi) is 4.15. The van der Waals surface area contributed by atoms with E-state index in [9.17, 15) is 0 Å². The molecule has 0 saturated heterocycles. The summed E-state index contributed by atoms with van der Waals surface area (Å²) in [7, 11) is 0. The fraction of sp³-hybridized carbons (Fsp3) is 0.625. The fourth-order valence-corrected chi connectivity index (χ4v) is 2.11. The highest BCUT2D eigenvalue weighted by Crippen LogP contribution is 2.21. The smallest absolute Gasteiger partial charge is 0.184 e. The Labute approximate surface area is 90.3 Å². The minimum absolute atomic E-state index is 0.0815. The van der Waals surface area contributed by atoms with Crippen molar-refractivity contribution in [3.8, 4) is 0 Å². The van der Waals surface area contributed by atoms with Crippen LogP contribution in [0.1, 0.15) is 13.8 Å². The van der Waals surface area contributed by atoms with Crippen molar-refractivity contribution in [1.29, 1.82) is 0 Å². The Bertz CT molecular complexity index is 264. The van der Waals surface area contributed by atoms with Crippen LogP contribution in [0.4, 0.5) is 5.13 Å². The third kappa shape index (κ3) is 3.25. The molecular weight excluding hydrogens is 252 g/mol. The van der Waals surface area contributed by atoms with Gasteiger partial charge in [-0.2, -0.15) is 0 Å². The maximum Gasteiger partial charge on any atom is 0.184 e. The number of halogens is 1. The van der Waals surface area contributed by atoms with Crippen LogP contribution in [-0.2, 0) is 0 Å². The molecule has 74 valence electrons. The Morgan fingerprint density at radius 3 is 2.77 bits per heavy atom. The molecule has 0 bridgehead atoms. The van der Waals surface area contributed by atoms with Gasteiger partial charge in [0.15, 0.2) is 5.13 Å². The van der Waals surface area contributed by atoms with E-state index >= 15 is 0 Å². The van der Waals surface area contributed by atoms with E-state index in [4.69, 9.17) is 5.11 Å². The van der Waals surface area contributed by atoms with Crippen LogP contribution in [0.5, 0.6) is 0 Å². The highest BCUT2D eigenvalue weighted by molar-refractivity contribution is 9.10.